The quantitative estimate of drug-likeness (QED) is 0.819. The normalized spacial score (nSPS) is 21.8. The zero-order chi connectivity index (χ0) is 18.8. The largest absolute Gasteiger partial charge is 0.368 e. The Kier molecular flexibility index (Phi) is 5.30. The minimum Gasteiger partial charge on any atom is -0.368 e. The van der Waals surface area contributed by atoms with Crippen molar-refractivity contribution in [1.29, 1.82) is 0 Å². The highest BCUT2D eigenvalue weighted by molar-refractivity contribution is 6.07. The molecule has 2 aromatic rings. The Labute approximate surface area is 161 Å². The Morgan fingerprint density at radius 2 is 2.11 bits per heavy atom. The third-order valence-electron chi connectivity index (χ3n) is 5.76. The van der Waals surface area contributed by atoms with Gasteiger partial charge in [0.15, 0.2) is 0 Å². The number of hydrogen-bond donors (Lipinski definition) is 2. The molecule has 1 aromatic carbocycles. The molecule has 4 rings (SSSR count). The number of likely N-dealkylation sites (tertiary alicyclic amines) is 1. The number of anilines is 1. The molecule has 1 saturated heterocycles. The highest BCUT2D eigenvalue weighted by Gasteiger charge is 2.25. The zero-order valence-corrected chi connectivity index (χ0v) is 16.4. The molecule has 144 valence electrons. The Balaban J connectivity index is 1.50. The number of aromatic nitrogens is 1. The SMILES string of the molecule is C[C@@H]1CCCN([C@H](C)CNc2cc(C(=O)NC3CC3)c3ccccc3n2)C1. The van der Waals surface area contributed by atoms with Crippen LogP contribution in [0.15, 0.2) is 30.3 Å². The molecule has 5 heteroatoms. The maximum Gasteiger partial charge on any atom is 0.252 e. The van der Waals surface area contributed by atoms with E-state index in [4.69, 9.17) is 4.98 Å². The number of pyridine rings is 1. The molecule has 5 nitrogen and oxygen atoms in total. The first-order chi connectivity index (χ1) is 13.1. The van der Waals surface area contributed by atoms with E-state index in [1.807, 2.05) is 30.3 Å². The molecule has 2 N–H and O–H groups in total. The van der Waals surface area contributed by atoms with Gasteiger partial charge in [0.05, 0.1) is 11.1 Å². The van der Waals surface area contributed by atoms with Crippen molar-refractivity contribution in [3.8, 4) is 0 Å². The first-order valence-electron chi connectivity index (χ1n) is 10.3. The Hall–Kier alpha value is -2.14. The summed E-state index contributed by atoms with van der Waals surface area (Å²) in [7, 11) is 0. The van der Waals surface area contributed by atoms with Crippen molar-refractivity contribution in [2.45, 2.75) is 51.6 Å². The smallest absolute Gasteiger partial charge is 0.252 e. The van der Waals surface area contributed by atoms with Gasteiger partial charge < -0.3 is 10.6 Å². The standard InChI is InChI=1S/C22H30N4O/c1-15-6-5-11-26(14-15)16(2)13-23-21-12-19(22(27)24-17-9-10-17)18-7-3-4-8-20(18)25-21/h3-4,7-8,12,15-17H,5-6,9-11,13-14H2,1-2H3,(H,23,25)(H,24,27)/t15-,16-/m1/s1. The third kappa shape index (κ3) is 4.41. The van der Waals surface area contributed by atoms with Crippen LogP contribution in [-0.2, 0) is 0 Å². The number of nitrogens with zero attached hydrogens (tertiary/aromatic N) is 2. The van der Waals surface area contributed by atoms with Crippen LogP contribution in [-0.4, -0.2) is 47.5 Å². The summed E-state index contributed by atoms with van der Waals surface area (Å²) in [5, 5.41) is 7.50. The van der Waals surface area contributed by atoms with E-state index in [0.717, 1.165) is 42.0 Å². The molecule has 1 saturated carbocycles. The fraction of sp³-hybridized carbons (Fsp3) is 0.545. The monoisotopic (exact) mass is 366 g/mol. The maximum absolute atomic E-state index is 12.7. The maximum atomic E-state index is 12.7. The van der Waals surface area contributed by atoms with Gasteiger partial charge in [-0.05, 0) is 57.2 Å². The molecule has 0 radical (unpaired) electrons. The van der Waals surface area contributed by atoms with Gasteiger partial charge in [-0.25, -0.2) is 4.98 Å². The summed E-state index contributed by atoms with van der Waals surface area (Å²) in [6.45, 7) is 7.78. The number of amides is 1. The van der Waals surface area contributed by atoms with Crippen molar-refractivity contribution in [3.05, 3.63) is 35.9 Å². The first kappa shape index (κ1) is 18.2. The van der Waals surface area contributed by atoms with Crippen LogP contribution in [0.2, 0.25) is 0 Å². The predicted molar refractivity (Wildman–Crippen MR) is 110 cm³/mol. The Bertz CT molecular complexity index is 817. The molecule has 1 aliphatic heterocycles. The van der Waals surface area contributed by atoms with Gasteiger partial charge >= 0.3 is 0 Å². The molecular weight excluding hydrogens is 336 g/mol. The summed E-state index contributed by atoms with van der Waals surface area (Å²) in [5.74, 6) is 1.57. The van der Waals surface area contributed by atoms with Crippen molar-refractivity contribution in [3.63, 3.8) is 0 Å². The summed E-state index contributed by atoms with van der Waals surface area (Å²) < 4.78 is 0. The van der Waals surface area contributed by atoms with Crippen molar-refractivity contribution in [2.24, 2.45) is 5.92 Å². The van der Waals surface area contributed by atoms with Crippen LogP contribution in [0.25, 0.3) is 10.9 Å². The van der Waals surface area contributed by atoms with Crippen molar-refractivity contribution >= 4 is 22.6 Å². The number of hydrogen-bond acceptors (Lipinski definition) is 4. The minimum atomic E-state index is 0.0112. The molecule has 0 bridgehead atoms. The van der Waals surface area contributed by atoms with Gasteiger partial charge in [-0.15, -0.1) is 0 Å². The lowest BCUT2D eigenvalue weighted by Gasteiger charge is -2.35. The van der Waals surface area contributed by atoms with Crippen LogP contribution < -0.4 is 10.6 Å². The molecule has 2 fully saturated rings. The van der Waals surface area contributed by atoms with Crippen LogP contribution in [0, 0.1) is 5.92 Å². The van der Waals surface area contributed by atoms with E-state index < -0.39 is 0 Å². The lowest BCUT2D eigenvalue weighted by Crippen LogP contribution is -2.43. The topological polar surface area (TPSA) is 57.3 Å². The van der Waals surface area contributed by atoms with Gasteiger partial charge in [0.2, 0.25) is 0 Å². The Morgan fingerprint density at radius 1 is 1.30 bits per heavy atom. The highest BCUT2D eigenvalue weighted by atomic mass is 16.1. The Morgan fingerprint density at radius 3 is 2.89 bits per heavy atom. The second-order valence-corrected chi connectivity index (χ2v) is 8.29. The van der Waals surface area contributed by atoms with Crippen LogP contribution >= 0.6 is 0 Å². The van der Waals surface area contributed by atoms with Crippen LogP contribution in [0.5, 0.6) is 0 Å². The van der Waals surface area contributed by atoms with E-state index in [0.29, 0.717) is 17.6 Å². The number of piperidine rings is 1. The predicted octanol–water partition coefficient (Wildman–Crippen LogP) is 3.66. The average molecular weight is 367 g/mol. The van der Waals surface area contributed by atoms with Crippen molar-refractivity contribution in [1.82, 2.24) is 15.2 Å². The summed E-state index contributed by atoms with van der Waals surface area (Å²) in [6, 6.07) is 10.6. The molecule has 1 aliphatic carbocycles. The molecule has 0 unspecified atom stereocenters. The van der Waals surface area contributed by atoms with E-state index in [2.05, 4.69) is 29.4 Å². The van der Waals surface area contributed by atoms with Crippen molar-refractivity contribution in [2.75, 3.05) is 25.0 Å². The van der Waals surface area contributed by atoms with Crippen LogP contribution in [0.4, 0.5) is 5.82 Å². The first-order valence-corrected chi connectivity index (χ1v) is 10.3. The number of benzene rings is 1. The molecule has 1 aromatic heterocycles. The van der Waals surface area contributed by atoms with E-state index in [9.17, 15) is 4.79 Å². The van der Waals surface area contributed by atoms with E-state index in [1.165, 1.54) is 25.9 Å². The number of nitrogens with one attached hydrogen (secondary N) is 2. The summed E-state index contributed by atoms with van der Waals surface area (Å²) in [4.78, 5) is 20.0. The molecular formula is C22H30N4O. The number of carbonyl (C=O) groups excluding carboxylic acids is 1. The van der Waals surface area contributed by atoms with Gasteiger partial charge in [0.25, 0.3) is 5.91 Å². The molecule has 0 spiro atoms. The minimum absolute atomic E-state index is 0.0112. The lowest BCUT2D eigenvalue weighted by molar-refractivity contribution is 0.0952. The third-order valence-corrected chi connectivity index (χ3v) is 5.76. The molecule has 2 atom stereocenters. The second-order valence-electron chi connectivity index (χ2n) is 8.29. The van der Waals surface area contributed by atoms with Gasteiger partial charge in [-0.2, -0.15) is 0 Å². The lowest BCUT2D eigenvalue weighted by atomic mass is 9.99. The molecule has 2 aliphatic rings. The number of fused-ring (bicyclic) bond motifs is 1. The molecule has 1 amide bonds. The van der Waals surface area contributed by atoms with E-state index in [-0.39, 0.29) is 5.91 Å². The van der Waals surface area contributed by atoms with E-state index in [1.54, 1.807) is 0 Å². The number of para-hydroxylation sites is 1. The highest BCUT2D eigenvalue weighted by Crippen LogP contribution is 2.24. The van der Waals surface area contributed by atoms with Crippen LogP contribution in [0.1, 0.15) is 49.9 Å². The summed E-state index contributed by atoms with van der Waals surface area (Å²) in [6.07, 6.45) is 4.80. The fourth-order valence-electron chi connectivity index (χ4n) is 3.95. The van der Waals surface area contributed by atoms with Gasteiger partial charge in [0, 0.05) is 30.6 Å². The molecule has 2 heterocycles. The van der Waals surface area contributed by atoms with Gasteiger partial charge in [0.1, 0.15) is 5.82 Å². The van der Waals surface area contributed by atoms with Crippen LogP contribution in [0.3, 0.4) is 0 Å². The van der Waals surface area contributed by atoms with Crippen molar-refractivity contribution < 1.29 is 4.79 Å². The molecule has 27 heavy (non-hydrogen) atoms. The number of carbonyl (C=O) groups is 1. The van der Waals surface area contributed by atoms with Gasteiger partial charge in [-0.1, -0.05) is 25.1 Å². The second kappa shape index (κ2) is 7.85. The fourth-order valence-corrected chi connectivity index (χ4v) is 3.95. The average Bonchev–Trinajstić information content (AvgIpc) is 3.49. The summed E-state index contributed by atoms with van der Waals surface area (Å²) >= 11 is 0. The zero-order valence-electron chi connectivity index (χ0n) is 16.4. The summed E-state index contributed by atoms with van der Waals surface area (Å²) in [5.41, 5.74) is 1.58. The van der Waals surface area contributed by atoms with E-state index >= 15 is 0 Å². The number of rotatable bonds is 6. The van der Waals surface area contributed by atoms with Gasteiger partial charge in [-0.3, -0.25) is 9.69 Å².